The summed E-state index contributed by atoms with van der Waals surface area (Å²) in [6.07, 6.45) is 5.32. The maximum absolute atomic E-state index is 14.0. The molecule has 0 saturated carbocycles. The van der Waals surface area contributed by atoms with Crippen molar-refractivity contribution < 1.29 is 22.5 Å². The first-order chi connectivity index (χ1) is 9.79. The summed E-state index contributed by atoms with van der Waals surface area (Å²) in [6.45, 7) is 0. The van der Waals surface area contributed by atoms with Crippen molar-refractivity contribution in [1.29, 1.82) is 0 Å². The van der Waals surface area contributed by atoms with Gasteiger partial charge in [0.1, 0.15) is 11.0 Å². The van der Waals surface area contributed by atoms with Crippen LogP contribution >= 0.6 is 0 Å². The molecule has 1 aromatic carbocycles. The molecule has 1 aromatic rings. The minimum atomic E-state index is -4.36. The van der Waals surface area contributed by atoms with Crippen molar-refractivity contribution in [3.05, 3.63) is 40.2 Å². The molecular weight excluding hydrogens is 303 g/mol. The molecule has 7 nitrogen and oxygen atoms in total. The number of nitrogens with two attached hydrogens (primary N) is 1. The molecule has 9 heteroatoms. The van der Waals surface area contributed by atoms with Crippen LogP contribution in [0.15, 0.2) is 29.2 Å². The Labute approximate surface area is 120 Å². The molecule has 1 unspecified atom stereocenters. The Kier molecular flexibility index (Phi) is 4.24. The smallest absolute Gasteiger partial charge is 0.274 e. The molecule has 1 atom stereocenters. The van der Waals surface area contributed by atoms with Crippen LogP contribution in [0.2, 0.25) is 0 Å². The van der Waals surface area contributed by atoms with E-state index in [1.165, 1.54) is 0 Å². The van der Waals surface area contributed by atoms with Gasteiger partial charge in [0.25, 0.3) is 5.69 Å². The molecule has 114 valence electrons. The zero-order chi connectivity index (χ0) is 15.6. The summed E-state index contributed by atoms with van der Waals surface area (Å²) < 4.78 is 42.3. The number of rotatable bonds is 4. The predicted molar refractivity (Wildman–Crippen MR) is 71.8 cm³/mol. The zero-order valence-corrected chi connectivity index (χ0v) is 11.7. The molecule has 1 aliphatic carbocycles. The average Bonchev–Trinajstić information content (AvgIpc) is 2.40. The van der Waals surface area contributed by atoms with Crippen molar-refractivity contribution in [2.75, 3.05) is 0 Å². The number of sulfonamides is 1. The number of hydrogen-bond acceptors (Lipinski definition) is 5. The normalized spacial score (nSPS) is 18.5. The van der Waals surface area contributed by atoms with E-state index in [9.17, 15) is 22.9 Å². The lowest BCUT2D eigenvalue weighted by atomic mass is 10.1. The maximum atomic E-state index is 14.0. The third-order valence-corrected chi connectivity index (χ3v) is 3.91. The van der Waals surface area contributed by atoms with Crippen LogP contribution in [0, 0.1) is 15.9 Å². The first-order valence-corrected chi connectivity index (χ1v) is 7.67. The van der Waals surface area contributed by atoms with Crippen molar-refractivity contribution in [3.8, 4) is 5.75 Å². The summed E-state index contributed by atoms with van der Waals surface area (Å²) in [5.41, 5.74) is -0.705. The fraction of sp³-hybridized carbons (Fsp3) is 0.333. The lowest BCUT2D eigenvalue weighted by Crippen LogP contribution is -2.20. The number of halogens is 1. The summed E-state index contributed by atoms with van der Waals surface area (Å²) in [4.78, 5) is 9.06. The average molecular weight is 316 g/mol. The molecule has 1 aliphatic rings. The lowest BCUT2D eigenvalue weighted by Gasteiger charge is -2.20. The highest BCUT2D eigenvalue weighted by Gasteiger charge is 2.26. The van der Waals surface area contributed by atoms with Crippen LogP contribution in [0.4, 0.5) is 10.1 Å². The Balaban J connectivity index is 2.50. The van der Waals surface area contributed by atoms with Gasteiger partial charge in [0, 0.05) is 6.07 Å². The summed E-state index contributed by atoms with van der Waals surface area (Å²) in [5, 5.41) is 15.7. The van der Waals surface area contributed by atoms with E-state index in [-0.39, 0.29) is 0 Å². The Morgan fingerprint density at radius 3 is 2.67 bits per heavy atom. The molecule has 0 radical (unpaired) electrons. The second-order valence-electron chi connectivity index (χ2n) is 4.57. The lowest BCUT2D eigenvalue weighted by molar-refractivity contribution is -0.385. The van der Waals surface area contributed by atoms with E-state index in [4.69, 9.17) is 9.88 Å². The number of hydrogen-bond donors (Lipinski definition) is 1. The Morgan fingerprint density at radius 1 is 1.43 bits per heavy atom. The van der Waals surface area contributed by atoms with Crippen molar-refractivity contribution in [2.45, 2.75) is 30.3 Å². The second kappa shape index (κ2) is 5.78. The van der Waals surface area contributed by atoms with Crippen LogP contribution in [-0.2, 0) is 10.0 Å². The fourth-order valence-corrected chi connectivity index (χ4v) is 2.71. The number of nitro groups is 1. The van der Waals surface area contributed by atoms with E-state index in [0.717, 1.165) is 12.8 Å². The molecular formula is C12H13FN2O5S. The van der Waals surface area contributed by atoms with Gasteiger partial charge in [-0.15, -0.1) is 0 Å². The van der Waals surface area contributed by atoms with Crippen LogP contribution in [0.5, 0.6) is 5.75 Å². The minimum absolute atomic E-state index is 0.491. The van der Waals surface area contributed by atoms with Crippen LogP contribution in [0.3, 0.4) is 0 Å². The number of ether oxygens (including phenoxy) is 1. The van der Waals surface area contributed by atoms with Crippen LogP contribution < -0.4 is 9.88 Å². The van der Waals surface area contributed by atoms with Gasteiger partial charge in [0.2, 0.25) is 10.0 Å². The largest absolute Gasteiger partial charge is 0.482 e. The van der Waals surface area contributed by atoms with Crippen molar-refractivity contribution in [1.82, 2.24) is 0 Å². The van der Waals surface area contributed by atoms with Crippen LogP contribution in [0.1, 0.15) is 19.3 Å². The van der Waals surface area contributed by atoms with Gasteiger partial charge in [-0.1, -0.05) is 6.08 Å². The summed E-state index contributed by atoms with van der Waals surface area (Å²) >= 11 is 0. The SMILES string of the molecule is NS(=O)(=O)c1cc([N+](=O)[O-])cc(F)c1OC1C=CCCC1. The number of non-ortho nitro benzene ring substituents is 1. The molecule has 0 amide bonds. The zero-order valence-electron chi connectivity index (χ0n) is 10.9. The van der Waals surface area contributed by atoms with E-state index >= 15 is 0 Å². The molecule has 0 aromatic heterocycles. The van der Waals surface area contributed by atoms with Gasteiger partial charge < -0.3 is 4.74 Å². The molecule has 21 heavy (non-hydrogen) atoms. The molecule has 2 N–H and O–H groups in total. The van der Waals surface area contributed by atoms with E-state index in [0.29, 0.717) is 18.6 Å². The van der Waals surface area contributed by atoms with Crippen molar-refractivity contribution in [2.24, 2.45) is 5.14 Å². The van der Waals surface area contributed by atoms with E-state index in [1.54, 1.807) is 6.08 Å². The van der Waals surface area contributed by atoms with Gasteiger partial charge in [0.15, 0.2) is 11.6 Å². The van der Waals surface area contributed by atoms with Gasteiger partial charge in [-0.2, -0.15) is 0 Å². The Hall–Kier alpha value is -2.00. The topological polar surface area (TPSA) is 113 Å². The number of primary sulfonamides is 1. The standard InChI is InChI=1S/C12H13FN2O5S/c13-10-6-8(15(16)17)7-11(21(14,18)19)12(10)20-9-4-2-1-3-5-9/h2,4,6-7,9H,1,3,5H2,(H2,14,18,19). The van der Waals surface area contributed by atoms with Gasteiger partial charge in [0.05, 0.1) is 11.0 Å². The van der Waals surface area contributed by atoms with E-state index in [2.05, 4.69) is 0 Å². The van der Waals surface area contributed by atoms with E-state index in [1.807, 2.05) is 6.08 Å². The molecule has 2 rings (SSSR count). The van der Waals surface area contributed by atoms with Gasteiger partial charge in [-0.05, 0) is 25.3 Å². The molecule has 0 bridgehead atoms. The predicted octanol–water partition coefficient (Wildman–Crippen LogP) is 1.87. The maximum Gasteiger partial charge on any atom is 0.274 e. The molecule has 0 heterocycles. The summed E-state index contributed by atoms with van der Waals surface area (Å²) in [6, 6.07) is 1.30. The molecule has 0 spiro atoms. The third kappa shape index (κ3) is 3.56. The Bertz CT molecular complexity index is 702. The monoisotopic (exact) mass is 316 g/mol. The first kappa shape index (κ1) is 15.4. The molecule has 0 saturated heterocycles. The van der Waals surface area contributed by atoms with E-state index < -0.39 is 43.2 Å². The fourth-order valence-electron chi connectivity index (χ4n) is 2.02. The highest BCUT2D eigenvalue weighted by Crippen LogP contribution is 2.33. The third-order valence-electron chi connectivity index (χ3n) is 2.99. The van der Waals surface area contributed by atoms with Crippen LogP contribution in [-0.4, -0.2) is 19.4 Å². The van der Waals surface area contributed by atoms with Gasteiger partial charge in [-0.25, -0.2) is 17.9 Å². The number of allylic oxidation sites excluding steroid dienone is 1. The first-order valence-electron chi connectivity index (χ1n) is 6.13. The summed E-state index contributed by atoms with van der Waals surface area (Å²) in [7, 11) is -4.36. The van der Waals surface area contributed by atoms with Crippen molar-refractivity contribution in [3.63, 3.8) is 0 Å². The second-order valence-corrected chi connectivity index (χ2v) is 6.10. The Morgan fingerprint density at radius 2 is 2.14 bits per heavy atom. The van der Waals surface area contributed by atoms with Gasteiger partial charge >= 0.3 is 0 Å². The van der Waals surface area contributed by atoms with Gasteiger partial charge in [-0.3, -0.25) is 10.1 Å². The van der Waals surface area contributed by atoms with Crippen LogP contribution in [0.25, 0.3) is 0 Å². The molecule has 0 fully saturated rings. The molecule has 0 aliphatic heterocycles. The quantitative estimate of drug-likeness (QED) is 0.517. The minimum Gasteiger partial charge on any atom is -0.482 e. The highest BCUT2D eigenvalue weighted by molar-refractivity contribution is 7.89. The number of nitrogens with zero attached hydrogens (tertiary/aromatic N) is 1. The number of nitro benzene ring substituents is 1. The van der Waals surface area contributed by atoms with Crippen molar-refractivity contribution >= 4 is 15.7 Å². The summed E-state index contributed by atoms with van der Waals surface area (Å²) in [5.74, 6) is -1.72. The number of benzene rings is 1. The highest BCUT2D eigenvalue weighted by atomic mass is 32.2.